The lowest BCUT2D eigenvalue weighted by molar-refractivity contribution is -0.154. The molecule has 128 valence electrons. The number of fused-ring (bicyclic) bond motifs is 2. The summed E-state index contributed by atoms with van der Waals surface area (Å²) < 4.78 is 11.5. The number of ether oxygens (including phenoxy) is 2. The zero-order valence-electron chi connectivity index (χ0n) is 14.2. The van der Waals surface area contributed by atoms with Crippen molar-refractivity contribution < 1.29 is 14.3 Å². The van der Waals surface area contributed by atoms with Crippen molar-refractivity contribution in [1.29, 1.82) is 10.5 Å². The maximum atomic E-state index is 13.1. The molecule has 2 heterocycles. The molecule has 4 aliphatic rings. The van der Waals surface area contributed by atoms with Gasteiger partial charge in [0.1, 0.15) is 5.60 Å². The summed E-state index contributed by atoms with van der Waals surface area (Å²) in [5.74, 6) is -0.319. The largest absolute Gasteiger partial charge is 0.465 e. The normalized spacial score (nSPS) is 36.8. The molecule has 0 N–H and O–H groups in total. The van der Waals surface area contributed by atoms with Crippen LogP contribution >= 0.6 is 0 Å². The molecule has 2 bridgehead atoms. The van der Waals surface area contributed by atoms with Gasteiger partial charge in [-0.15, -0.1) is 0 Å². The quantitative estimate of drug-likeness (QED) is 0.571. The van der Waals surface area contributed by atoms with Crippen molar-refractivity contribution in [2.24, 2.45) is 10.8 Å². The summed E-state index contributed by atoms with van der Waals surface area (Å²) >= 11 is 0. The monoisotopic (exact) mass is 336 g/mol. The van der Waals surface area contributed by atoms with E-state index in [1.165, 1.54) is 0 Å². The Morgan fingerprint density at radius 1 is 1.44 bits per heavy atom. The Bertz CT molecular complexity index is 796. The fourth-order valence-corrected chi connectivity index (χ4v) is 4.94. The lowest BCUT2D eigenvalue weighted by atomic mass is 9.61. The number of carbonyl (C=O) groups is 1. The molecule has 0 amide bonds. The summed E-state index contributed by atoms with van der Waals surface area (Å²) in [5, 5.41) is 20.0. The minimum Gasteiger partial charge on any atom is -0.465 e. The van der Waals surface area contributed by atoms with E-state index in [4.69, 9.17) is 9.47 Å². The fraction of sp³-hybridized carbons (Fsp3) is 0.550. The first-order valence-corrected chi connectivity index (χ1v) is 8.83. The standard InChI is InChI=1S/C20H20N2O3/c1-2-24-17(23)19-7-4-3-5-16(19)18(12-21,13-22)11-20-8-6-15(25-20)9-14(20)10-19/h5-6,8-9,15H,2-4,7,10-11H2,1H3/t15-,19+,20-/m1/s1. The first-order chi connectivity index (χ1) is 12.0. The van der Waals surface area contributed by atoms with Gasteiger partial charge < -0.3 is 9.47 Å². The second kappa shape index (κ2) is 5.31. The highest BCUT2D eigenvalue weighted by atomic mass is 16.5. The van der Waals surface area contributed by atoms with Crippen LogP contribution in [0.2, 0.25) is 0 Å². The Morgan fingerprint density at radius 3 is 2.92 bits per heavy atom. The zero-order chi connectivity index (χ0) is 17.7. The molecule has 1 saturated carbocycles. The highest BCUT2D eigenvalue weighted by molar-refractivity contribution is 5.83. The fourth-order valence-electron chi connectivity index (χ4n) is 4.94. The van der Waals surface area contributed by atoms with Crippen LogP contribution < -0.4 is 0 Å². The third-order valence-corrected chi connectivity index (χ3v) is 6.01. The average Bonchev–Trinajstić information content (AvgIpc) is 3.14. The second-order valence-corrected chi connectivity index (χ2v) is 7.32. The first kappa shape index (κ1) is 16.1. The van der Waals surface area contributed by atoms with Gasteiger partial charge in [-0.1, -0.05) is 12.2 Å². The van der Waals surface area contributed by atoms with Crippen LogP contribution in [0.25, 0.3) is 0 Å². The van der Waals surface area contributed by atoms with E-state index in [0.29, 0.717) is 18.4 Å². The predicted molar refractivity (Wildman–Crippen MR) is 88.7 cm³/mol. The van der Waals surface area contributed by atoms with Crippen LogP contribution in [-0.4, -0.2) is 24.3 Å². The molecule has 5 heteroatoms. The van der Waals surface area contributed by atoms with Gasteiger partial charge in [-0.25, -0.2) is 0 Å². The summed E-state index contributed by atoms with van der Waals surface area (Å²) in [6.07, 6.45) is 10.7. The maximum Gasteiger partial charge on any atom is 0.316 e. The van der Waals surface area contributed by atoms with Crippen LogP contribution in [-0.2, 0) is 14.3 Å². The second-order valence-electron chi connectivity index (χ2n) is 7.32. The maximum absolute atomic E-state index is 13.1. The predicted octanol–water partition coefficient (Wildman–Crippen LogP) is 3.11. The number of nitrogens with zero attached hydrogens (tertiary/aromatic N) is 2. The Balaban J connectivity index is 1.94. The number of hydrogen-bond acceptors (Lipinski definition) is 5. The van der Waals surface area contributed by atoms with E-state index < -0.39 is 16.4 Å². The van der Waals surface area contributed by atoms with Crippen LogP contribution in [0, 0.1) is 33.5 Å². The Hall–Kier alpha value is -2.37. The molecule has 0 aromatic heterocycles. The van der Waals surface area contributed by atoms with Gasteiger partial charge >= 0.3 is 5.97 Å². The zero-order valence-corrected chi connectivity index (χ0v) is 14.2. The molecular formula is C20H20N2O3. The van der Waals surface area contributed by atoms with E-state index in [1.807, 2.05) is 24.3 Å². The van der Waals surface area contributed by atoms with Crippen molar-refractivity contribution in [1.82, 2.24) is 0 Å². The van der Waals surface area contributed by atoms with Gasteiger partial charge in [0.25, 0.3) is 0 Å². The highest BCUT2D eigenvalue weighted by Gasteiger charge is 2.62. The van der Waals surface area contributed by atoms with Gasteiger partial charge in [0.15, 0.2) is 5.41 Å². The number of allylic oxidation sites excluding steroid dienone is 1. The van der Waals surface area contributed by atoms with Crippen LogP contribution in [0.3, 0.4) is 0 Å². The summed E-state index contributed by atoms with van der Waals surface area (Å²) in [5.41, 5.74) is -1.43. The molecule has 0 unspecified atom stereocenters. The van der Waals surface area contributed by atoms with Gasteiger partial charge in [0, 0.05) is 6.42 Å². The molecule has 2 aliphatic carbocycles. The van der Waals surface area contributed by atoms with E-state index in [0.717, 1.165) is 18.4 Å². The molecule has 0 aromatic carbocycles. The molecule has 4 rings (SSSR count). The molecule has 1 spiro atoms. The number of nitriles is 2. The van der Waals surface area contributed by atoms with Gasteiger partial charge in [0.2, 0.25) is 0 Å². The van der Waals surface area contributed by atoms with Crippen LogP contribution in [0.4, 0.5) is 0 Å². The highest BCUT2D eigenvalue weighted by Crippen LogP contribution is 2.61. The topological polar surface area (TPSA) is 83.1 Å². The lowest BCUT2D eigenvalue weighted by Crippen LogP contribution is -2.42. The van der Waals surface area contributed by atoms with Crippen LogP contribution in [0.5, 0.6) is 0 Å². The number of carbonyl (C=O) groups excluding carboxylic acids is 1. The minimum absolute atomic E-state index is 0.126. The average molecular weight is 336 g/mol. The summed E-state index contributed by atoms with van der Waals surface area (Å²) in [4.78, 5) is 13.1. The molecule has 5 nitrogen and oxygen atoms in total. The van der Waals surface area contributed by atoms with E-state index in [-0.39, 0.29) is 25.1 Å². The molecule has 1 fully saturated rings. The van der Waals surface area contributed by atoms with Crippen molar-refractivity contribution in [2.75, 3.05) is 6.61 Å². The lowest BCUT2D eigenvalue weighted by Gasteiger charge is -2.39. The molecule has 3 atom stereocenters. The van der Waals surface area contributed by atoms with Crippen LogP contribution in [0.15, 0.2) is 35.5 Å². The van der Waals surface area contributed by atoms with Gasteiger partial charge in [0.05, 0.1) is 30.3 Å². The number of hydrogen-bond donors (Lipinski definition) is 0. The summed E-state index contributed by atoms with van der Waals surface area (Å²) in [6, 6.07) is 4.48. The van der Waals surface area contributed by atoms with E-state index in [9.17, 15) is 15.3 Å². The number of esters is 1. The SMILES string of the molecule is CCOC(=O)[C@]12CCCC=C1C(C#N)(C#N)C[C@]13C=C[C@H](C=C1C2)O3. The molecule has 2 aliphatic heterocycles. The van der Waals surface area contributed by atoms with Crippen molar-refractivity contribution in [3.8, 4) is 12.1 Å². The van der Waals surface area contributed by atoms with Crippen molar-refractivity contribution in [3.05, 3.63) is 35.5 Å². The van der Waals surface area contributed by atoms with Gasteiger partial charge in [-0.05, 0) is 55.9 Å². The molecule has 0 radical (unpaired) electrons. The Morgan fingerprint density at radius 2 is 2.24 bits per heavy atom. The van der Waals surface area contributed by atoms with Crippen LogP contribution in [0.1, 0.15) is 39.0 Å². The first-order valence-electron chi connectivity index (χ1n) is 8.83. The summed E-state index contributed by atoms with van der Waals surface area (Å²) in [6.45, 7) is 2.06. The van der Waals surface area contributed by atoms with E-state index >= 15 is 0 Å². The summed E-state index contributed by atoms with van der Waals surface area (Å²) in [7, 11) is 0. The van der Waals surface area contributed by atoms with Crippen molar-refractivity contribution in [2.45, 2.75) is 50.7 Å². The Labute approximate surface area is 147 Å². The third-order valence-electron chi connectivity index (χ3n) is 6.01. The third kappa shape index (κ3) is 2.00. The van der Waals surface area contributed by atoms with Crippen molar-refractivity contribution >= 4 is 5.97 Å². The van der Waals surface area contributed by atoms with Crippen molar-refractivity contribution in [3.63, 3.8) is 0 Å². The van der Waals surface area contributed by atoms with E-state index in [2.05, 4.69) is 12.1 Å². The Kier molecular flexibility index (Phi) is 3.42. The molecule has 0 aromatic rings. The molecule has 25 heavy (non-hydrogen) atoms. The smallest absolute Gasteiger partial charge is 0.316 e. The molecule has 0 saturated heterocycles. The minimum atomic E-state index is -1.38. The van der Waals surface area contributed by atoms with Gasteiger partial charge in [-0.2, -0.15) is 10.5 Å². The van der Waals surface area contributed by atoms with E-state index in [1.54, 1.807) is 6.92 Å². The number of rotatable bonds is 2. The van der Waals surface area contributed by atoms with Gasteiger partial charge in [-0.3, -0.25) is 4.79 Å². The molecular weight excluding hydrogens is 316 g/mol.